The molecule has 0 atom stereocenters. The molecule has 2 rings (SSSR count). The van der Waals surface area contributed by atoms with Gasteiger partial charge >= 0.3 is 0 Å². The molecule has 0 radical (unpaired) electrons. The van der Waals surface area contributed by atoms with Crippen molar-refractivity contribution >= 4 is 11.6 Å². The standard InChI is InChI=1S/C12H18N4O/c13-16-10-5-6-11(14-8-10)12(17)15-7-9-3-1-2-4-9/h5-6,8-9,16H,1-4,7,13H2,(H,15,17). The first-order valence-electron chi connectivity index (χ1n) is 6.00. The summed E-state index contributed by atoms with van der Waals surface area (Å²) < 4.78 is 0. The smallest absolute Gasteiger partial charge is 0.269 e. The van der Waals surface area contributed by atoms with Crippen molar-refractivity contribution in [2.75, 3.05) is 12.0 Å². The molecule has 5 nitrogen and oxygen atoms in total. The molecule has 0 bridgehead atoms. The Morgan fingerprint density at radius 2 is 2.18 bits per heavy atom. The highest BCUT2D eigenvalue weighted by molar-refractivity contribution is 5.92. The van der Waals surface area contributed by atoms with Crippen LogP contribution in [-0.2, 0) is 0 Å². The first kappa shape index (κ1) is 11.9. The van der Waals surface area contributed by atoms with Gasteiger partial charge in [0.1, 0.15) is 5.69 Å². The highest BCUT2D eigenvalue weighted by atomic mass is 16.1. The summed E-state index contributed by atoms with van der Waals surface area (Å²) in [7, 11) is 0. The van der Waals surface area contributed by atoms with Gasteiger partial charge in [-0.05, 0) is 30.9 Å². The summed E-state index contributed by atoms with van der Waals surface area (Å²) in [5, 5.41) is 2.93. The van der Waals surface area contributed by atoms with E-state index in [4.69, 9.17) is 5.84 Å². The topological polar surface area (TPSA) is 80.0 Å². The Morgan fingerprint density at radius 3 is 2.76 bits per heavy atom. The lowest BCUT2D eigenvalue weighted by molar-refractivity contribution is 0.0942. The van der Waals surface area contributed by atoms with Gasteiger partial charge in [0.15, 0.2) is 0 Å². The van der Waals surface area contributed by atoms with E-state index in [1.807, 2.05) is 0 Å². The monoisotopic (exact) mass is 234 g/mol. The van der Waals surface area contributed by atoms with Gasteiger partial charge < -0.3 is 10.7 Å². The average molecular weight is 234 g/mol. The van der Waals surface area contributed by atoms with Crippen molar-refractivity contribution < 1.29 is 4.79 Å². The third-order valence-electron chi connectivity index (χ3n) is 3.19. The fraction of sp³-hybridized carbons (Fsp3) is 0.500. The number of nitrogens with two attached hydrogens (primary N) is 1. The maximum absolute atomic E-state index is 11.8. The number of nitrogens with zero attached hydrogens (tertiary/aromatic N) is 1. The van der Waals surface area contributed by atoms with Crippen LogP contribution in [0, 0.1) is 5.92 Å². The lowest BCUT2D eigenvalue weighted by Crippen LogP contribution is -2.29. The number of carbonyl (C=O) groups is 1. The molecule has 1 heterocycles. The predicted molar refractivity (Wildman–Crippen MR) is 66.3 cm³/mol. The molecular weight excluding hydrogens is 216 g/mol. The van der Waals surface area contributed by atoms with Crippen molar-refractivity contribution in [1.29, 1.82) is 0 Å². The molecule has 0 saturated heterocycles. The summed E-state index contributed by atoms with van der Waals surface area (Å²) in [6.07, 6.45) is 6.57. The number of rotatable bonds is 4. The minimum atomic E-state index is -0.111. The number of pyridine rings is 1. The number of amides is 1. The highest BCUT2D eigenvalue weighted by Gasteiger charge is 2.16. The zero-order valence-electron chi connectivity index (χ0n) is 9.78. The maximum Gasteiger partial charge on any atom is 0.269 e. The summed E-state index contributed by atoms with van der Waals surface area (Å²) in [6, 6.07) is 3.40. The third-order valence-corrected chi connectivity index (χ3v) is 3.19. The number of hydrogen-bond donors (Lipinski definition) is 3. The van der Waals surface area contributed by atoms with Crippen LogP contribution in [0.5, 0.6) is 0 Å². The van der Waals surface area contributed by atoms with Crippen LogP contribution in [0.25, 0.3) is 0 Å². The van der Waals surface area contributed by atoms with Gasteiger partial charge in [0.05, 0.1) is 11.9 Å². The van der Waals surface area contributed by atoms with E-state index in [2.05, 4.69) is 15.7 Å². The summed E-state index contributed by atoms with van der Waals surface area (Å²) in [5.74, 6) is 5.76. The highest BCUT2D eigenvalue weighted by Crippen LogP contribution is 2.23. The lowest BCUT2D eigenvalue weighted by atomic mass is 10.1. The first-order chi connectivity index (χ1) is 8.29. The number of hydrazine groups is 1. The second kappa shape index (κ2) is 5.63. The van der Waals surface area contributed by atoms with Crippen LogP contribution in [0.2, 0.25) is 0 Å². The molecule has 1 saturated carbocycles. The molecular formula is C12H18N4O. The minimum Gasteiger partial charge on any atom is -0.350 e. The van der Waals surface area contributed by atoms with E-state index >= 15 is 0 Å². The summed E-state index contributed by atoms with van der Waals surface area (Å²) >= 11 is 0. The molecule has 0 unspecified atom stereocenters. The molecule has 1 aliphatic carbocycles. The zero-order valence-corrected chi connectivity index (χ0v) is 9.78. The molecule has 0 aliphatic heterocycles. The Bertz CT molecular complexity index is 371. The number of nitrogens with one attached hydrogen (secondary N) is 2. The zero-order chi connectivity index (χ0) is 12.1. The Kier molecular flexibility index (Phi) is 3.93. The molecule has 4 N–H and O–H groups in total. The van der Waals surface area contributed by atoms with Crippen LogP contribution in [0.15, 0.2) is 18.3 Å². The maximum atomic E-state index is 11.8. The summed E-state index contributed by atoms with van der Waals surface area (Å²) in [5.41, 5.74) is 3.60. The number of hydrogen-bond acceptors (Lipinski definition) is 4. The van der Waals surface area contributed by atoms with E-state index < -0.39 is 0 Å². The quantitative estimate of drug-likeness (QED) is 0.541. The second-order valence-corrected chi connectivity index (χ2v) is 4.44. The second-order valence-electron chi connectivity index (χ2n) is 4.44. The number of anilines is 1. The molecule has 0 aromatic carbocycles. The fourth-order valence-corrected chi connectivity index (χ4v) is 2.16. The van der Waals surface area contributed by atoms with Crippen molar-refractivity contribution in [2.24, 2.45) is 11.8 Å². The minimum absolute atomic E-state index is 0.111. The van der Waals surface area contributed by atoms with Crippen LogP contribution in [0.1, 0.15) is 36.2 Å². The van der Waals surface area contributed by atoms with Gasteiger partial charge in [-0.2, -0.15) is 0 Å². The normalized spacial score (nSPS) is 15.8. The van der Waals surface area contributed by atoms with Crippen LogP contribution in [-0.4, -0.2) is 17.4 Å². The SMILES string of the molecule is NNc1ccc(C(=O)NCC2CCCC2)nc1. The van der Waals surface area contributed by atoms with Gasteiger partial charge in [-0.25, -0.2) is 4.98 Å². The van der Waals surface area contributed by atoms with E-state index in [1.165, 1.54) is 25.7 Å². The molecule has 1 aliphatic rings. The van der Waals surface area contributed by atoms with Gasteiger partial charge in [-0.15, -0.1) is 0 Å². The molecule has 1 amide bonds. The van der Waals surface area contributed by atoms with Crippen molar-refractivity contribution in [3.8, 4) is 0 Å². The van der Waals surface area contributed by atoms with Gasteiger partial charge in [0.25, 0.3) is 5.91 Å². The largest absolute Gasteiger partial charge is 0.350 e. The van der Waals surface area contributed by atoms with Crippen LogP contribution in [0.4, 0.5) is 5.69 Å². The summed E-state index contributed by atoms with van der Waals surface area (Å²) in [6.45, 7) is 0.761. The van der Waals surface area contributed by atoms with E-state index in [-0.39, 0.29) is 5.91 Å². The lowest BCUT2D eigenvalue weighted by Gasteiger charge is -2.10. The van der Waals surface area contributed by atoms with Crippen molar-refractivity contribution in [3.05, 3.63) is 24.0 Å². The number of aromatic nitrogens is 1. The molecule has 1 fully saturated rings. The third kappa shape index (κ3) is 3.17. The molecule has 0 spiro atoms. The summed E-state index contributed by atoms with van der Waals surface area (Å²) in [4.78, 5) is 15.8. The molecule has 92 valence electrons. The van der Waals surface area contributed by atoms with Crippen LogP contribution < -0.4 is 16.6 Å². The van der Waals surface area contributed by atoms with Crippen molar-refractivity contribution in [2.45, 2.75) is 25.7 Å². The van der Waals surface area contributed by atoms with Gasteiger partial charge in [0.2, 0.25) is 0 Å². The number of nitrogen functional groups attached to an aromatic ring is 1. The number of carbonyl (C=O) groups excluding carboxylic acids is 1. The van der Waals surface area contributed by atoms with E-state index in [1.54, 1.807) is 18.3 Å². The Balaban J connectivity index is 1.85. The van der Waals surface area contributed by atoms with Crippen molar-refractivity contribution in [3.63, 3.8) is 0 Å². The fourth-order valence-electron chi connectivity index (χ4n) is 2.16. The van der Waals surface area contributed by atoms with E-state index in [9.17, 15) is 4.79 Å². The Morgan fingerprint density at radius 1 is 1.41 bits per heavy atom. The van der Waals surface area contributed by atoms with Gasteiger partial charge in [-0.1, -0.05) is 12.8 Å². The van der Waals surface area contributed by atoms with Crippen LogP contribution in [0.3, 0.4) is 0 Å². The Labute approximate surface area is 101 Å². The van der Waals surface area contributed by atoms with Gasteiger partial charge in [0, 0.05) is 6.54 Å². The molecule has 1 aromatic heterocycles. The molecule has 17 heavy (non-hydrogen) atoms. The predicted octanol–water partition coefficient (Wildman–Crippen LogP) is 1.29. The molecule has 5 heteroatoms. The van der Waals surface area contributed by atoms with E-state index in [0.717, 1.165) is 6.54 Å². The van der Waals surface area contributed by atoms with Crippen LogP contribution >= 0.6 is 0 Å². The van der Waals surface area contributed by atoms with Gasteiger partial charge in [-0.3, -0.25) is 10.6 Å². The van der Waals surface area contributed by atoms with E-state index in [0.29, 0.717) is 17.3 Å². The first-order valence-corrected chi connectivity index (χ1v) is 6.00. The Hall–Kier alpha value is -1.62. The molecule has 1 aromatic rings. The van der Waals surface area contributed by atoms with Crippen molar-refractivity contribution in [1.82, 2.24) is 10.3 Å². The average Bonchev–Trinajstić information content (AvgIpc) is 2.89.